The molecule has 0 heterocycles. The van der Waals surface area contributed by atoms with Gasteiger partial charge in [0.05, 0.1) is 11.7 Å². The van der Waals surface area contributed by atoms with Crippen LogP contribution in [0.5, 0.6) is 0 Å². The molecule has 2 unspecified atom stereocenters. The van der Waals surface area contributed by atoms with Crippen molar-refractivity contribution in [3.8, 4) is 0 Å². The summed E-state index contributed by atoms with van der Waals surface area (Å²) in [6.45, 7) is 4.66. The van der Waals surface area contributed by atoms with Crippen LogP contribution in [-0.4, -0.2) is 11.7 Å². The van der Waals surface area contributed by atoms with Crippen LogP contribution in [0.25, 0.3) is 0 Å². The van der Waals surface area contributed by atoms with Crippen molar-refractivity contribution in [3.63, 3.8) is 0 Å². The average molecular weight is 238 g/mol. The Labute approximate surface area is 107 Å². The lowest BCUT2D eigenvalue weighted by molar-refractivity contribution is -0.0837. The third kappa shape index (κ3) is 3.98. The molecule has 0 aliphatic heterocycles. The lowest BCUT2D eigenvalue weighted by Crippen LogP contribution is -2.30. The van der Waals surface area contributed by atoms with E-state index in [-0.39, 0.29) is 5.60 Å². The molecule has 0 amide bonds. The Hall–Kier alpha value is -0.0400. The predicted octanol–water partition coefficient (Wildman–Crippen LogP) is 5.08. The van der Waals surface area contributed by atoms with Crippen molar-refractivity contribution < 1.29 is 4.74 Å². The van der Waals surface area contributed by atoms with Gasteiger partial charge in [0.15, 0.2) is 0 Å². The largest absolute Gasteiger partial charge is 0.372 e. The van der Waals surface area contributed by atoms with Crippen LogP contribution >= 0.6 is 0 Å². The van der Waals surface area contributed by atoms with Gasteiger partial charge in [0.2, 0.25) is 0 Å². The van der Waals surface area contributed by atoms with Crippen molar-refractivity contribution in [1.29, 1.82) is 0 Å². The monoisotopic (exact) mass is 238 g/mol. The van der Waals surface area contributed by atoms with E-state index in [0.717, 1.165) is 5.92 Å². The second kappa shape index (κ2) is 6.22. The molecule has 2 fully saturated rings. The number of rotatable bonds is 4. The fraction of sp³-hybridized carbons (Fsp3) is 1.00. The van der Waals surface area contributed by atoms with E-state index in [4.69, 9.17) is 4.74 Å². The predicted molar refractivity (Wildman–Crippen MR) is 73.2 cm³/mol. The van der Waals surface area contributed by atoms with Gasteiger partial charge in [-0.1, -0.05) is 45.4 Å². The maximum absolute atomic E-state index is 6.45. The first-order valence-electron chi connectivity index (χ1n) is 7.90. The molecule has 0 aromatic rings. The second-order valence-electron chi connectivity index (χ2n) is 6.56. The molecule has 1 nitrogen and oxygen atoms in total. The lowest BCUT2D eigenvalue weighted by Gasteiger charge is -2.30. The van der Waals surface area contributed by atoms with Gasteiger partial charge in [0.25, 0.3) is 0 Å². The molecular formula is C16H30O. The first kappa shape index (κ1) is 13.4. The Morgan fingerprint density at radius 2 is 1.76 bits per heavy atom. The highest BCUT2D eigenvalue weighted by Gasteiger charge is 2.32. The SMILES string of the molecule is CCCC1CCCC(OC2(C)CCCC2)CC1. The van der Waals surface area contributed by atoms with E-state index >= 15 is 0 Å². The minimum atomic E-state index is 0.231. The van der Waals surface area contributed by atoms with E-state index in [9.17, 15) is 0 Å². The normalized spacial score (nSPS) is 33.5. The van der Waals surface area contributed by atoms with Gasteiger partial charge in [-0.05, 0) is 44.9 Å². The third-order valence-electron chi connectivity index (χ3n) is 4.84. The number of hydrogen-bond acceptors (Lipinski definition) is 1. The van der Waals surface area contributed by atoms with Gasteiger partial charge in [-0.3, -0.25) is 0 Å². The summed E-state index contributed by atoms with van der Waals surface area (Å²) >= 11 is 0. The van der Waals surface area contributed by atoms with Crippen LogP contribution in [0.4, 0.5) is 0 Å². The molecule has 0 aromatic carbocycles. The molecule has 2 aliphatic rings. The van der Waals surface area contributed by atoms with Gasteiger partial charge in [-0.25, -0.2) is 0 Å². The summed E-state index contributed by atoms with van der Waals surface area (Å²) in [5, 5.41) is 0. The summed E-state index contributed by atoms with van der Waals surface area (Å²) in [5.41, 5.74) is 0.231. The fourth-order valence-electron chi connectivity index (χ4n) is 3.80. The molecule has 0 spiro atoms. The van der Waals surface area contributed by atoms with Crippen LogP contribution in [0.2, 0.25) is 0 Å². The van der Waals surface area contributed by atoms with E-state index < -0.39 is 0 Å². The van der Waals surface area contributed by atoms with E-state index in [1.165, 1.54) is 70.6 Å². The summed E-state index contributed by atoms with van der Waals surface area (Å²) in [6, 6.07) is 0. The van der Waals surface area contributed by atoms with Gasteiger partial charge >= 0.3 is 0 Å². The van der Waals surface area contributed by atoms with E-state index in [2.05, 4.69) is 13.8 Å². The van der Waals surface area contributed by atoms with Crippen LogP contribution in [-0.2, 0) is 4.74 Å². The lowest BCUT2D eigenvalue weighted by atomic mass is 9.95. The molecule has 0 radical (unpaired) electrons. The highest BCUT2D eigenvalue weighted by Crippen LogP contribution is 2.37. The summed E-state index contributed by atoms with van der Waals surface area (Å²) in [6.07, 6.45) is 15.6. The van der Waals surface area contributed by atoms with Crippen molar-refractivity contribution >= 4 is 0 Å². The minimum absolute atomic E-state index is 0.231. The molecule has 2 saturated carbocycles. The molecule has 0 N–H and O–H groups in total. The van der Waals surface area contributed by atoms with Crippen LogP contribution < -0.4 is 0 Å². The molecule has 0 bridgehead atoms. The van der Waals surface area contributed by atoms with Crippen LogP contribution in [0.3, 0.4) is 0 Å². The van der Waals surface area contributed by atoms with Crippen LogP contribution in [0.15, 0.2) is 0 Å². The second-order valence-corrected chi connectivity index (χ2v) is 6.56. The van der Waals surface area contributed by atoms with E-state index in [0.29, 0.717) is 6.10 Å². The third-order valence-corrected chi connectivity index (χ3v) is 4.84. The van der Waals surface area contributed by atoms with Crippen molar-refractivity contribution in [3.05, 3.63) is 0 Å². The molecule has 0 saturated heterocycles. The fourth-order valence-corrected chi connectivity index (χ4v) is 3.80. The van der Waals surface area contributed by atoms with Crippen molar-refractivity contribution in [1.82, 2.24) is 0 Å². The smallest absolute Gasteiger partial charge is 0.0658 e. The standard InChI is InChI=1S/C16H30O/c1-3-7-14-8-6-9-15(11-10-14)17-16(2)12-4-5-13-16/h14-15H,3-13H2,1-2H3. The van der Waals surface area contributed by atoms with Crippen molar-refractivity contribution in [2.45, 2.75) is 96.2 Å². The Morgan fingerprint density at radius 1 is 1.00 bits per heavy atom. The summed E-state index contributed by atoms with van der Waals surface area (Å²) in [5.74, 6) is 0.991. The molecule has 0 aromatic heterocycles. The van der Waals surface area contributed by atoms with Crippen molar-refractivity contribution in [2.75, 3.05) is 0 Å². The Balaban J connectivity index is 1.78. The van der Waals surface area contributed by atoms with Gasteiger partial charge in [0, 0.05) is 0 Å². The maximum atomic E-state index is 6.45. The molecule has 2 atom stereocenters. The molecule has 1 heteroatoms. The van der Waals surface area contributed by atoms with Gasteiger partial charge in [-0.15, -0.1) is 0 Å². The Morgan fingerprint density at radius 3 is 2.47 bits per heavy atom. The maximum Gasteiger partial charge on any atom is 0.0658 e. The Bertz CT molecular complexity index is 218. The summed E-state index contributed by atoms with van der Waals surface area (Å²) < 4.78 is 6.45. The average Bonchev–Trinajstić information content (AvgIpc) is 2.60. The summed E-state index contributed by atoms with van der Waals surface area (Å²) in [4.78, 5) is 0. The summed E-state index contributed by atoms with van der Waals surface area (Å²) in [7, 11) is 0. The van der Waals surface area contributed by atoms with Crippen molar-refractivity contribution in [2.24, 2.45) is 5.92 Å². The molecule has 2 aliphatic carbocycles. The Kier molecular flexibility index (Phi) is 4.90. The zero-order valence-corrected chi connectivity index (χ0v) is 11.8. The molecule has 17 heavy (non-hydrogen) atoms. The number of hydrogen-bond donors (Lipinski definition) is 0. The van der Waals surface area contributed by atoms with Gasteiger partial charge in [0.1, 0.15) is 0 Å². The molecule has 2 rings (SSSR count). The van der Waals surface area contributed by atoms with E-state index in [1.807, 2.05) is 0 Å². The number of ether oxygens (including phenoxy) is 1. The molecule has 100 valence electrons. The zero-order chi connectivity index (χ0) is 12.1. The minimum Gasteiger partial charge on any atom is -0.372 e. The van der Waals surface area contributed by atoms with Gasteiger partial charge < -0.3 is 4.74 Å². The first-order valence-corrected chi connectivity index (χ1v) is 7.90. The first-order chi connectivity index (χ1) is 8.22. The van der Waals surface area contributed by atoms with Gasteiger partial charge in [-0.2, -0.15) is 0 Å². The molecular weight excluding hydrogens is 208 g/mol. The topological polar surface area (TPSA) is 9.23 Å². The highest BCUT2D eigenvalue weighted by atomic mass is 16.5. The van der Waals surface area contributed by atoms with E-state index in [1.54, 1.807) is 0 Å². The zero-order valence-electron chi connectivity index (χ0n) is 11.8. The van der Waals surface area contributed by atoms with Crippen LogP contribution in [0.1, 0.15) is 84.5 Å². The van der Waals surface area contributed by atoms with Crippen LogP contribution in [0, 0.1) is 5.92 Å². The quantitative estimate of drug-likeness (QED) is 0.620. The highest BCUT2D eigenvalue weighted by molar-refractivity contribution is 4.84.